The molecule has 2 unspecified atom stereocenters. The molecule has 0 heterocycles. The van der Waals surface area contributed by atoms with Gasteiger partial charge in [-0.05, 0) is 34.9 Å². The molecule has 244 valence electrons. The van der Waals surface area contributed by atoms with E-state index in [1.165, 1.54) is 12.1 Å². The molecule has 0 spiro atoms. The lowest BCUT2D eigenvalue weighted by Gasteiger charge is -2.26. The van der Waals surface area contributed by atoms with Crippen molar-refractivity contribution in [3.05, 3.63) is 143 Å². The molecule has 0 radical (unpaired) electrons. The fourth-order valence-corrected chi connectivity index (χ4v) is 6.49. The number of amides is 4. The second kappa shape index (κ2) is 16.4. The van der Waals surface area contributed by atoms with E-state index in [2.05, 4.69) is 16.0 Å². The first-order chi connectivity index (χ1) is 22.5. The van der Waals surface area contributed by atoms with Gasteiger partial charge in [0.25, 0.3) is 5.91 Å². The van der Waals surface area contributed by atoms with Gasteiger partial charge in [-0.1, -0.05) is 97.1 Å². The highest BCUT2D eigenvalue weighted by molar-refractivity contribution is 7.59. The Bertz CT molecular complexity index is 1730. The molecular weight excluding hydrogens is 622 g/mol. The van der Waals surface area contributed by atoms with Gasteiger partial charge in [0.2, 0.25) is 25.1 Å². The maximum Gasteiger partial charge on any atom is 0.252 e. The summed E-state index contributed by atoms with van der Waals surface area (Å²) in [5, 5.41) is 7.66. The van der Waals surface area contributed by atoms with Crippen molar-refractivity contribution in [2.75, 3.05) is 6.16 Å². The van der Waals surface area contributed by atoms with Crippen LogP contribution >= 0.6 is 7.37 Å². The van der Waals surface area contributed by atoms with Crippen LogP contribution in [0.3, 0.4) is 0 Å². The van der Waals surface area contributed by atoms with E-state index < -0.39 is 60.8 Å². The lowest BCUT2D eigenvalue weighted by Crippen LogP contribution is -2.54. The fraction of sp³-hybridized carbons (Fsp3) is 0.200. The summed E-state index contributed by atoms with van der Waals surface area (Å²) in [6.07, 6.45) is -0.910. The topological polar surface area (TPSA) is 168 Å². The molecule has 10 nitrogen and oxygen atoms in total. The highest BCUT2D eigenvalue weighted by Crippen LogP contribution is 2.46. The van der Waals surface area contributed by atoms with Crippen molar-refractivity contribution < 1.29 is 33.0 Å². The van der Waals surface area contributed by atoms with Crippen LogP contribution in [0.4, 0.5) is 4.39 Å². The second-order valence-corrected chi connectivity index (χ2v) is 13.5. The fourth-order valence-electron chi connectivity index (χ4n) is 4.96. The van der Waals surface area contributed by atoms with Gasteiger partial charge in [0.15, 0.2) is 0 Å². The summed E-state index contributed by atoms with van der Waals surface area (Å²) >= 11 is 0. The first-order valence-corrected chi connectivity index (χ1v) is 16.8. The van der Waals surface area contributed by atoms with Crippen LogP contribution in [0, 0.1) is 5.82 Å². The van der Waals surface area contributed by atoms with Gasteiger partial charge in [-0.3, -0.25) is 23.7 Å². The number of halogens is 1. The average Bonchev–Trinajstić information content (AvgIpc) is 3.05. The first kappa shape index (κ1) is 34.7. The van der Waals surface area contributed by atoms with Crippen LogP contribution in [-0.4, -0.2) is 52.6 Å². The summed E-state index contributed by atoms with van der Waals surface area (Å²) in [5.41, 5.74) is 7.58. The molecule has 0 fully saturated rings. The summed E-state index contributed by atoms with van der Waals surface area (Å²) in [7, 11) is -4.51. The van der Waals surface area contributed by atoms with Crippen LogP contribution in [0.2, 0.25) is 0 Å². The Balaban J connectivity index is 1.53. The quantitative estimate of drug-likeness (QED) is 0.123. The second-order valence-electron chi connectivity index (χ2n) is 11.1. The number of carbonyl (C=O) groups excluding carboxylic acids is 4. The van der Waals surface area contributed by atoms with E-state index in [1.807, 2.05) is 6.07 Å². The molecule has 4 atom stereocenters. The lowest BCUT2D eigenvalue weighted by atomic mass is 10.0. The van der Waals surface area contributed by atoms with Crippen LogP contribution < -0.4 is 21.7 Å². The minimum absolute atomic E-state index is 0.00864. The largest absolute Gasteiger partial charge is 0.368 e. The van der Waals surface area contributed by atoms with Crippen LogP contribution in [-0.2, 0) is 38.2 Å². The molecule has 0 bridgehead atoms. The monoisotopic (exact) mass is 658 g/mol. The zero-order valence-corrected chi connectivity index (χ0v) is 26.3. The third-order valence-corrected chi connectivity index (χ3v) is 9.42. The molecule has 12 heteroatoms. The molecule has 0 aromatic heterocycles. The van der Waals surface area contributed by atoms with Crippen LogP contribution in [0.1, 0.15) is 27.0 Å². The molecule has 0 aliphatic heterocycles. The van der Waals surface area contributed by atoms with E-state index in [-0.39, 0.29) is 24.8 Å². The SMILES string of the molecule is NC(=O)[C@H](Cc1ccccc1)NC(=O)[C@H](Cc1ccccc1)NC(=O)CP(=O)(O)C(Cc1ccccc1)NC(=O)c1cccc(F)c1. The first-order valence-electron chi connectivity index (χ1n) is 14.9. The van der Waals surface area contributed by atoms with Crippen molar-refractivity contribution in [3.63, 3.8) is 0 Å². The molecule has 6 N–H and O–H groups in total. The Labute approximate surface area is 272 Å². The molecule has 0 saturated carbocycles. The van der Waals surface area contributed by atoms with Crippen molar-refractivity contribution in [1.29, 1.82) is 0 Å². The number of nitrogens with two attached hydrogens (primary N) is 1. The summed E-state index contributed by atoms with van der Waals surface area (Å²) in [6.45, 7) is 0. The predicted octanol–water partition coefficient (Wildman–Crippen LogP) is 3.33. The summed E-state index contributed by atoms with van der Waals surface area (Å²) in [4.78, 5) is 63.3. The highest BCUT2D eigenvalue weighted by atomic mass is 31.2. The summed E-state index contributed by atoms with van der Waals surface area (Å²) < 4.78 is 27.6. The molecule has 4 amide bonds. The predicted molar refractivity (Wildman–Crippen MR) is 176 cm³/mol. The van der Waals surface area contributed by atoms with Crippen molar-refractivity contribution >= 4 is 31.0 Å². The Morgan fingerprint density at radius 3 is 1.70 bits per heavy atom. The zero-order chi connectivity index (χ0) is 33.8. The van der Waals surface area contributed by atoms with Gasteiger partial charge in [0.05, 0.1) is 0 Å². The molecular formula is C35H36FN4O6P. The molecule has 0 aliphatic rings. The number of primary amides is 1. The number of nitrogens with one attached hydrogen (secondary N) is 3. The van der Waals surface area contributed by atoms with Gasteiger partial charge in [0, 0.05) is 24.8 Å². The van der Waals surface area contributed by atoms with E-state index in [0.717, 1.165) is 17.7 Å². The van der Waals surface area contributed by atoms with Gasteiger partial charge >= 0.3 is 0 Å². The van der Waals surface area contributed by atoms with Crippen molar-refractivity contribution in [1.82, 2.24) is 16.0 Å². The van der Waals surface area contributed by atoms with Crippen molar-refractivity contribution in [2.45, 2.75) is 37.1 Å². The van der Waals surface area contributed by atoms with Crippen molar-refractivity contribution in [2.24, 2.45) is 5.73 Å². The summed E-state index contributed by atoms with van der Waals surface area (Å²) in [6, 6.07) is 28.9. The van der Waals surface area contributed by atoms with Gasteiger partial charge in [0.1, 0.15) is 29.8 Å². The molecule has 0 saturated heterocycles. The van der Waals surface area contributed by atoms with E-state index in [4.69, 9.17) is 5.73 Å². The number of hydrogen-bond donors (Lipinski definition) is 5. The van der Waals surface area contributed by atoms with Crippen LogP contribution in [0.25, 0.3) is 0 Å². The zero-order valence-electron chi connectivity index (χ0n) is 25.4. The number of rotatable bonds is 15. The normalized spacial score (nSPS) is 14.1. The molecule has 4 aromatic carbocycles. The Morgan fingerprint density at radius 2 is 1.19 bits per heavy atom. The molecule has 4 rings (SSSR count). The van der Waals surface area contributed by atoms with Gasteiger partial charge in [-0.2, -0.15) is 0 Å². The van der Waals surface area contributed by atoms with Crippen LogP contribution in [0.5, 0.6) is 0 Å². The number of benzene rings is 4. The van der Waals surface area contributed by atoms with Gasteiger partial charge in [-0.25, -0.2) is 4.39 Å². The number of carbonyl (C=O) groups is 4. The summed E-state index contributed by atoms with van der Waals surface area (Å²) in [5.74, 6) is -5.28. The van der Waals surface area contributed by atoms with E-state index in [1.54, 1.807) is 84.9 Å². The third kappa shape index (κ3) is 10.7. The smallest absolute Gasteiger partial charge is 0.252 e. The molecule has 4 aromatic rings. The maximum absolute atomic E-state index is 13.8. The minimum atomic E-state index is -4.51. The van der Waals surface area contributed by atoms with Crippen LogP contribution in [0.15, 0.2) is 115 Å². The van der Waals surface area contributed by atoms with Gasteiger partial charge < -0.3 is 26.6 Å². The van der Waals surface area contributed by atoms with E-state index in [9.17, 15) is 33.0 Å². The molecule has 0 aliphatic carbocycles. The van der Waals surface area contributed by atoms with E-state index >= 15 is 0 Å². The van der Waals surface area contributed by atoms with Gasteiger partial charge in [-0.15, -0.1) is 0 Å². The van der Waals surface area contributed by atoms with E-state index in [0.29, 0.717) is 11.1 Å². The standard InChI is InChI=1S/C35H36FN4O6P/c36-28-18-10-17-27(22-28)34(43)40-32(21-26-15-8-3-9-16-26)47(45,46)23-31(41)38-30(20-25-13-6-2-7-14-25)35(44)39-29(33(37)42)19-24-11-4-1-5-12-24/h1-18,22,29-30,32H,19-21,23H2,(H2,37,42)(H,38,41)(H,39,44)(H,40,43)(H,45,46)/t29-,30-,32?/m0/s1. The lowest BCUT2D eigenvalue weighted by molar-refractivity contribution is -0.130. The average molecular weight is 659 g/mol. The Hall–Kier alpha value is -5.12. The Kier molecular flexibility index (Phi) is 12.2. The minimum Gasteiger partial charge on any atom is -0.368 e. The van der Waals surface area contributed by atoms with Crippen molar-refractivity contribution in [3.8, 4) is 0 Å². The third-order valence-electron chi connectivity index (χ3n) is 7.39. The highest BCUT2D eigenvalue weighted by Gasteiger charge is 2.36. The Morgan fingerprint density at radius 1 is 0.681 bits per heavy atom. The molecule has 47 heavy (non-hydrogen) atoms. The number of hydrogen-bond acceptors (Lipinski definition) is 5. The maximum atomic E-state index is 13.8.